The van der Waals surface area contributed by atoms with Gasteiger partial charge in [0.2, 0.25) is 5.91 Å². The van der Waals surface area contributed by atoms with Crippen molar-refractivity contribution in [2.24, 2.45) is 0 Å². The third-order valence-electron chi connectivity index (χ3n) is 5.15. The minimum atomic E-state index is -0.265. The Balaban J connectivity index is 1.74. The number of anilines is 1. The van der Waals surface area contributed by atoms with Crippen LogP contribution in [0.4, 0.5) is 5.13 Å². The largest absolute Gasteiger partial charge is 0.289 e. The number of halogens is 1. The Hall–Kier alpha value is -3.10. The van der Waals surface area contributed by atoms with Crippen LogP contribution < -0.4 is 10.5 Å². The van der Waals surface area contributed by atoms with Crippen LogP contribution in [0.1, 0.15) is 22.4 Å². The molecule has 0 bridgehead atoms. The number of amides is 1. The van der Waals surface area contributed by atoms with Crippen LogP contribution in [-0.4, -0.2) is 25.4 Å². The fraction of sp³-hybridized carbons (Fsp3) is 0.227. The van der Waals surface area contributed by atoms with Crippen LogP contribution >= 0.6 is 22.9 Å². The second-order valence-corrected chi connectivity index (χ2v) is 8.66. The average Bonchev–Trinajstić information content (AvgIpc) is 3.20. The van der Waals surface area contributed by atoms with Gasteiger partial charge in [-0.1, -0.05) is 29.0 Å². The Kier molecular flexibility index (Phi) is 5.84. The number of aromatic nitrogens is 4. The molecule has 0 unspecified atom stereocenters. The van der Waals surface area contributed by atoms with Crippen molar-refractivity contribution >= 4 is 44.2 Å². The highest BCUT2D eigenvalue weighted by Gasteiger charge is 2.22. The van der Waals surface area contributed by atoms with E-state index in [0.717, 1.165) is 21.3 Å². The minimum absolute atomic E-state index is 0.136. The number of rotatable bonds is 5. The summed E-state index contributed by atoms with van der Waals surface area (Å²) in [7, 11) is 0. The Labute approximate surface area is 188 Å². The fourth-order valence-electron chi connectivity index (χ4n) is 3.16. The number of carbonyl (C=O) groups is 1. The summed E-state index contributed by atoms with van der Waals surface area (Å²) in [4.78, 5) is 40.6. The molecule has 1 amide bonds. The van der Waals surface area contributed by atoms with Crippen molar-refractivity contribution in [3.05, 3.63) is 80.7 Å². The lowest BCUT2D eigenvalue weighted by Gasteiger charge is -2.20. The van der Waals surface area contributed by atoms with E-state index in [1.807, 2.05) is 31.2 Å². The molecule has 3 heterocycles. The maximum Gasteiger partial charge on any atom is 0.256 e. The molecule has 0 radical (unpaired) electrons. The van der Waals surface area contributed by atoms with Gasteiger partial charge in [-0.2, -0.15) is 0 Å². The molecule has 158 valence electrons. The molecular formula is C22H20ClN5O2S. The normalized spacial score (nSPS) is 11.1. The first-order chi connectivity index (χ1) is 14.8. The number of thiazole rings is 1. The van der Waals surface area contributed by atoms with Gasteiger partial charge in [0, 0.05) is 28.7 Å². The molecule has 0 saturated carbocycles. The number of aryl methyl sites for hydroxylation is 2. The highest BCUT2D eigenvalue weighted by Crippen LogP contribution is 2.34. The molecule has 31 heavy (non-hydrogen) atoms. The molecule has 9 heteroatoms. The topological polar surface area (TPSA) is 81.0 Å². The van der Waals surface area contributed by atoms with Crippen molar-refractivity contribution in [2.75, 3.05) is 4.90 Å². The molecule has 4 aromatic rings. The summed E-state index contributed by atoms with van der Waals surface area (Å²) in [5, 5.41) is 1.17. The van der Waals surface area contributed by atoms with Gasteiger partial charge >= 0.3 is 0 Å². The van der Waals surface area contributed by atoms with Crippen LogP contribution in [0.2, 0.25) is 5.02 Å². The third kappa shape index (κ3) is 4.22. The molecule has 0 aliphatic heterocycles. The molecule has 0 aliphatic rings. The van der Waals surface area contributed by atoms with Gasteiger partial charge in [0.15, 0.2) is 5.13 Å². The molecule has 0 spiro atoms. The molecule has 3 aromatic heterocycles. The van der Waals surface area contributed by atoms with Gasteiger partial charge in [-0.25, -0.2) is 9.97 Å². The van der Waals surface area contributed by atoms with Gasteiger partial charge in [0.05, 0.1) is 23.1 Å². The number of hydrogen-bond acceptors (Lipinski definition) is 6. The zero-order valence-electron chi connectivity index (χ0n) is 17.3. The standard InChI is InChI=1S/C22H20ClN5O2S/c1-13-15(3)25-12-27(21(13)30)11-19(29)28(10-16-5-4-8-24-9-16)22-26-20-14(2)17(23)6-7-18(20)31-22/h4-9,12H,10-11H2,1-3H3. The summed E-state index contributed by atoms with van der Waals surface area (Å²) in [6.07, 6.45) is 4.80. The number of carbonyl (C=O) groups excluding carboxylic acids is 1. The predicted molar refractivity (Wildman–Crippen MR) is 123 cm³/mol. The summed E-state index contributed by atoms with van der Waals surface area (Å²) in [6.45, 7) is 5.53. The van der Waals surface area contributed by atoms with Crippen LogP contribution in [0.3, 0.4) is 0 Å². The van der Waals surface area contributed by atoms with Crippen LogP contribution in [-0.2, 0) is 17.9 Å². The van der Waals surface area contributed by atoms with Crippen LogP contribution in [0.5, 0.6) is 0 Å². The van der Waals surface area contributed by atoms with E-state index in [0.29, 0.717) is 21.4 Å². The second kappa shape index (κ2) is 8.56. The first kappa shape index (κ1) is 21.1. The van der Waals surface area contributed by atoms with Crippen molar-refractivity contribution in [3.63, 3.8) is 0 Å². The zero-order valence-corrected chi connectivity index (χ0v) is 18.9. The van der Waals surface area contributed by atoms with Crippen molar-refractivity contribution < 1.29 is 4.79 Å². The summed E-state index contributed by atoms with van der Waals surface area (Å²) < 4.78 is 2.27. The number of pyridine rings is 1. The smallest absolute Gasteiger partial charge is 0.256 e. The Morgan fingerprint density at radius 1 is 1.19 bits per heavy atom. The molecule has 7 nitrogen and oxygen atoms in total. The van der Waals surface area contributed by atoms with Gasteiger partial charge in [0.25, 0.3) is 5.56 Å². The van der Waals surface area contributed by atoms with E-state index in [2.05, 4.69) is 9.97 Å². The number of benzene rings is 1. The van der Waals surface area contributed by atoms with Gasteiger partial charge < -0.3 is 0 Å². The Bertz CT molecular complexity index is 1330. The van der Waals surface area contributed by atoms with E-state index < -0.39 is 0 Å². The van der Waals surface area contributed by atoms with Crippen molar-refractivity contribution in [3.8, 4) is 0 Å². The van der Waals surface area contributed by atoms with E-state index in [-0.39, 0.29) is 24.6 Å². The fourth-order valence-corrected chi connectivity index (χ4v) is 4.35. The third-order valence-corrected chi connectivity index (χ3v) is 6.61. The lowest BCUT2D eigenvalue weighted by Crippen LogP contribution is -2.37. The van der Waals surface area contributed by atoms with Gasteiger partial charge in [-0.15, -0.1) is 0 Å². The average molecular weight is 454 g/mol. The van der Waals surface area contributed by atoms with Crippen molar-refractivity contribution in [1.29, 1.82) is 0 Å². The SMILES string of the molecule is Cc1ncn(CC(=O)N(Cc2cccnc2)c2nc3c(C)c(Cl)ccc3s2)c(=O)c1C. The molecule has 0 N–H and O–H groups in total. The van der Waals surface area contributed by atoms with Crippen LogP contribution in [0.25, 0.3) is 10.2 Å². The molecule has 4 rings (SSSR count). The van der Waals surface area contributed by atoms with Gasteiger partial charge in [-0.05, 0) is 50.1 Å². The molecule has 0 fully saturated rings. The molecule has 1 aromatic carbocycles. The van der Waals surface area contributed by atoms with Crippen molar-refractivity contribution in [1.82, 2.24) is 19.5 Å². The zero-order chi connectivity index (χ0) is 22.1. The Morgan fingerprint density at radius 2 is 2.00 bits per heavy atom. The molecule has 0 saturated heterocycles. The maximum atomic E-state index is 13.4. The molecular weight excluding hydrogens is 434 g/mol. The first-order valence-corrected chi connectivity index (χ1v) is 10.8. The number of hydrogen-bond donors (Lipinski definition) is 0. The summed E-state index contributed by atoms with van der Waals surface area (Å²) in [5.41, 5.74) is 3.44. The highest BCUT2D eigenvalue weighted by molar-refractivity contribution is 7.22. The lowest BCUT2D eigenvalue weighted by atomic mass is 10.2. The van der Waals surface area contributed by atoms with E-state index in [1.54, 1.807) is 31.1 Å². The van der Waals surface area contributed by atoms with E-state index in [1.165, 1.54) is 22.2 Å². The van der Waals surface area contributed by atoms with Gasteiger partial charge in [-0.3, -0.25) is 24.0 Å². The van der Waals surface area contributed by atoms with E-state index in [9.17, 15) is 9.59 Å². The number of fused-ring (bicyclic) bond motifs is 1. The van der Waals surface area contributed by atoms with Gasteiger partial charge in [0.1, 0.15) is 6.54 Å². The Morgan fingerprint density at radius 3 is 2.74 bits per heavy atom. The highest BCUT2D eigenvalue weighted by atomic mass is 35.5. The quantitative estimate of drug-likeness (QED) is 0.455. The maximum absolute atomic E-state index is 13.4. The van der Waals surface area contributed by atoms with E-state index >= 15 is 0 Å². The van der Waals surface area contributed by atoms with E-state index in [4.69, 9.17) is 16.6 Å². The number of nitrogens with zero attached hydrogens (tertiary/aromatic N) is 5. The predicted octanol–water partition coefficient (Wildman–Crippen LogP) is 4.06. The summed E-state index contributed by atoms with van der Waals surface area (Å²) in [5.74, 6) is -0.265. The van der Waals surface area contributed by atoms with Crippen molar-refractivity contribution in [2.45, 2.75) is 33.9 Å². The summed E-state index contributed by atoms with van der Waals surface area (Å²) >= 11 is 7.66. The van der Waals surface area contributed by atoms with Crippen LogP contribution in [0, 0.1) is 20.8 Å². The molecule has 0 aliphatic carbocycles. The second-order valence-electron chi connectivity index (χ2n) is 7.24. The monoisotopic (exact) mass is 453 g/mol. The summed E-state index contributed by atoms with van der Waals surface area (Å²) in [6, 6.07) is 7.44. The van der Waals surface area contributed by atoms with Crippen LogP contribution in [0.15, 0.2) is 47.8 Å². The molecule has 0 atom stereocenters. The first-order valence-electron chi connectivity index (χ1n) is 9.62. The lowest BCUT2D eigenvalue weighted by molar-refractivity contribution is -0.119. The minimum Gasteiger partial charge on any atom is -0.289 e.